The molecule has 0 aliphatic heterocycles. The third-order valence-electron chi connectivity index (χ3n) is 2.60. The molecule has 0 saturated heterocycles. The smallest absolute Gasteiger partial charge is 0.239 e. The SMILES string of the molecule is CC(C)CCNC(=O)CNc1cccnc1OC(C)C. The second-order valence-corrected chi connectivity index (χ2v) is 5.41. The Labute approximate surface area is 121 Å². The Kier molecular flexibility index (Phi) is 6.84. The zero-order valence-electron chi connectivity index (χ0n) is 12.8. The van der Waals surface area contributed by atoms with Crippen molar-refractivity contribution in [2.24, 2.45) is 5.92 Å². The quantitative estimate of drug-likeness (QED) is 0.767. The van der Waals surface area contributed by atoms with Crippen LogP contribution in [0.3, 0.4) is 0 Å². The van der Waals surface area contributed by atoms with Crippen molar-refractivity contribution in [3.8, 4) is 5.88 Å². The van der Waals surface area contributed by atoms with Gasteiger partial charge in [0.25, 0.3) is 0 Å². The van der Waals surface area contributed by atoms with Gasteiger partial charge in [-0.1, -0.05) is 13.8 Å². The third kappa shape index (κ3) is 6.41. The van der Waals surface area contributed by atoms with E-state index in [-0.39, 0.29) is 18.6 Å². The lowest BCUT2D eigenvalue weighted by Gasteiger charge is -2.14. The number of hydrogen-bond donors (Lipinski definition) is 2. The molecule has 0 atom stereocenters. The Balaban J connectivity index is 2.42. The van der Waals surface area contributed by atoms with Crippen molar-refractivity contribution in [2.75, 3.05) is 18.4 Å². The number of amides is 1. The molecule has 0 bridgehead atoms. The molecular weight excluding hydrogens is 254 g/mol. The average Bonchev–Trinajstić information content (AvgIpc) is 2.36. The van der Waals surface area contributed by atoms with Crippen molar-refractivity contribution >= 4 is 11.6 Å². The molecular formula is C15H25N3O2. The van der Waals surface area contributed by atoms with Crippen LogP contribution in [0.5, 0.6) is 5.88 Å². The number of nitrogens with one attached hydrogen (secondary N) is 2. The Hall–Kier alpha value is -1.78. The largest absolute Gasteiger partial charge is 0.473 e. The minimum atomic E-state index is -0.0231. The molecule has 0 aromatic carbocycles. The lowest BCUT2D eigenvalue weighted by Crippen LogP contribution is -2.31. The molecule has 5 nitrogen and oxygen atoms in total. The lowest BCUT2D eigenvalue weighted by molar-refractivity contribution is -0.119. The van der Waals surface area contributed by atoms with Crippen LogP contribution >= 0.6 is 0 Å². The Bertz CT molecular complexity index is 419. The summed E-state index contributed by atoms with van der Waals surface area (Å²) in [6, 6.07) is 3.66. The molecule has 0 fully saturated rings. The van der Waals surface area contributed by atoms with Crippen molar-refractivity contribution in [2.45, 2.75) is 40.2 Å². The van der Waals surface area contributed by atoms with Gasteiger partial charge in [0.2, 0.25) is 11.8 Å². The van der Waals surface area contributed by atoms with E-state index in [0.29, 0.717) is 18.3 Å². The minimum absolute atomic E-state index is 0.0231. The molecule has 1 heterocycles. The number of nitrogens with zero attached hydrogens (tertiary/aromatic N) is 1. The van der Waals surface area contributed by atoms with Crippen LogP contribution in [0.2, 0.25) is 0 Å². The number of pyridine rings is 1. The van der Waals surface area contributed by atoms with Gasteiger partial charge in [0, 0.05) is 12.7 Å². The zero-order chi connectivity index (χ0) is 15.0. The second kappa shape index (κ2) is 8.40. The first-order valence-corrected chi connectivity index (χ1v) is 7.11. The topological polar surface area (TPSA) is 63.2 Å². The van der Waals surface area contributed by atoms with Gasteiger partial charge in [-0.05, 0) is 38.3 Å². The molecule has 1 aromatic heterocycles. The van der Waals surface area contributed by atoms with Crippen LogP contribution in [0, 0.1) is 5.92 Å². The number of ether oxygens (including phenoxy) is 1. The molecule has 1 amide bonds. The van der Waals surface area contributed by atoms with Gasteiger partial charge in [0.1, 0.15) is 0 Å². The fourth-order valence-electron chi connectivity index (χ4n) is 1.58. The summed E-state index contributed by atoms with van der Waals surface area (Å²) in [5.74, 6) is 1.09. The highest BCUT2D eigenvalue weighted by atomic mass is 16.5. The molecule has 2 N–H and O–H groups in total. The average molecular weight is 279 g/mol. The van der Waals surface area contributed by atoms with E-state index in [1.807, 2.05) is 26.0 Å². The molecule has 0 spiro atoms. The maximum absolute atomic E-state index is 11.7. The highest BCUT2D eigenvalue weighted by molar-refractivity contribution is 5.81. The van der Waals surface area contributed by atoms with E-state index < -0.39 is 0 Å². The van der Waals surface area contributed by atoms with Crippen LogP contribution in [-0.4, -0.2) is 30.1 Å². The predicted molar refractivity (Wildman–Crippen MR) is 81.0 cm³/mol. The fourth-order valence-corrected chi connectivity index (χ4v) is 1.58. The van der Waals surface area contributed by atoms with E-state index in [0.717, 1.165) is 12.1 Å². The van der Waals surface area contributed by atoms with Crippen molar-refractivity contribution in [3.05, 3.63) is 18.3 Å². The number of carbonyl (C=O) groups is 1. The number of aromatic nitrogens is 1. The summed E-state index contributed by atoms with van der Waals surface area (Å²) in [5.41, 5.74) is 0.736. The van der Waals surface area contributed by atoms with Gasteiger partial charge in [-0.25, -0.2) is 4.98 Å². The molecule has 1 rings (SSSR count). The van der Waals surface area contributed by atoms with Crippen molar-refractivity contribution in [1.29, 1.82) is 0 Å². The Morgan fingerprint density at radius 1 is 1.35 bits per heavy atom. The molecule has 0 aliphatic carbocycles. The van der Waals surface area contributed by atoms with Crippen LogP contribution < -0.4 is 15.4 Å². The number of carbonyl (C=O) groups excluding carboxylic acids is 1. The van der Waals surface area contributed by atoms with Crippen molar-refractivity contribution < 1.29 is 9.53 Å². The van der Waals surface area contributed by atoms with E-state index >= 15 is 0 Å². The van der Waals surface area contributed by atoms with Crippen molar-refractivity contribution in [3.63, 3.8) is 0 Å². The van der Waals surface area contributed by atoms with Gasteiger partial charge < -0.3 is 15.4 Å². The molecule has 0 aliphatic rings. The van der Waals surface area contributed by atoms with Gasteiger partial charge in [-0.2, -0.15) is 0 Å². The summed E-state index contributed by atoms with van der Waals surface area (Å²) in [6.45, 7) is 9.08. The van der Waals surface area contributed by atoms with Gasteiger partial charge in [0.05, 0.1) is 18.3 Å². The summed E-state index contributed by atoms with van der Waals surface area (Å²) in [6.07, 6.45) is 2.71. The fraction of sp³-hybridized carbons (Fsp3) is 0.600. The maximum Gasteiger partial charge on any atom is 0.239 e. The van der Waals surface area contributed by atoms with E-state index in [4.69, 9.17) is 4.74 Å². The van der Waals surface area contributed by atoms with Gasteiger partial charge >= 0.3 is 0 Å². The molecule has 5 heteroatoms. The summed E-state index contributed by atoms with van der Waals surface area (Å²) < 4.78 is 5.58. The predicted octanol–water partition coefficient (Wildman–Crippen LogP) is 2.44. The van der Waals surface area contributed by atoms with E-state index in [1.54, 1.807) is 6.20 Å². The number of anilines is 1. The monoisotopic (exact) mass is 279 g/mol. The summed E-state index contributed by atoms with van der Waals surface area (Å²) in [5, 5.41) is 5.94. The second-order valence-electron chi connectivity index (χ2n) is 5.41. The van der Waals surface area contributed by atoms with E-state index in [9.17, 15) is 4.79 Å². The van der Waals surface area contributed by atoms with Crippen LogP contribution in [0.15, 0.2) is 18.3 Å². The molecule has 20 heavy (non-hydrogen) atoms. The molecule has 0 unspecified atom stereocenters. The summed E-state index contributed by atoms with van der Waals surface area (Å²) in [7, 11) is 0. The van der Waals surface area contributed by atoms with E-state index in [1.165, 1.54) is 0 Å². The first-order chi connectivity index (χ1) is 9.49. The Morgan fingerprint density at radius 3 is 2.75 bits per heavy atom. The third-order valence-corrected chi connectivity index (χ3v) is 2.60. The first kappa shape index (κ1) is 16.3. The highest BCUT2D eigenvalue weighted by Crippen LogP contribution is 2.21. The number of rotatable bonds is 8. The molecule has 1 aromatic rings. The standard InChI is InChI=1S/C15H25N3O2/c1-11(2)7-9-16-14(19)10-18-13-6-5-8-17-15(13)20-12(3)4/h5-6,8,11-12,18H,7,9-10H2,1-4H3,(H,16,19). The van der Waals surface area contributed by atoms with Crippen LogP contribution in [0.25, 0.3) is 0 Å². The molecule has 112 valence electrons. The first-order valence-electron chi connectivity index (χ1n) is 7.11. The van der Waals surface area contributed by atoms with Crippen LogP contribution in [0.1, 0.15) is 34.1 Å². The minimum Gasteiger partial charge on any atom is -0.473 e. The molecule has 0 radical (unpaired) electrons. The summed E-state index contributed by atoms with van der Waals surface area (Å²) >= 11 is 0. The normalized spacial score (nSPS) is 10.7. The van der Waals surface area contributed by atoms with Gasteiger partial charge in [-0.3, -0.25) is 4.79 Å². The van der Waals surface area contributed by atoms with Gasteiger partial charge in [-0.15, -0.1) is 0 Å². The van der Waals surface area contributed by atoms with Crippen LogP contribution in [0.4, 0.5) is 5.69 Å². The van der Waals surface area contributed by atoms with Gasteiger partial charge in [0.15, 0.2) is 0 Å². The van der Waals surface area contributed by atoms with Crippen LogP contribution in [-0.2, 0) is 4.79 Å². The lowest BCUT2D eigenvalue weighted by atomic mass is 10.1. The zero-order valence-corrected chi connectivity index (χ0v) is 12.8. The Morgan fingerprint density at radius 2 is 2.10 bits per heavy atom. The van der Waals surface area contributed by atoms with E-state index in [2.05, 4.69) is 29.5 Å². The highest BCUT2D eigenvalue weighted by Gasteiger charge is 2.08. The maximum atomic E-state index is 11.7. The van der Waals surface area contributed by atoms with Crippen molar-refractivity contribution in [1.82, 2.24) is 10.3 Å². The number of hydrogen-bond acceptors (Lipinski definition) is 4. The molecule has 0 saturated carbocycles. The summed E-state index contributed by atoms with van der Waals surface area (Å²) in [4.78, 5) is 15.9.